The van der Waals surface area contributed by atoms with Gasteiger partial charge in [0.2, 0.25) is 0 Å². The molecule has 2 aliphatic rings. The molecule has 2 unspecified atom stereocenters. The second-order valence-electron chi connectivity index (χ2n) is 6.45. The number of rotatable bonds is 2. The summed E-state index contributed by atoms with van der Waals surface area (Å²) in [7, 11) is 0. The maximum atomic E-state index is 12.4. The van der Waals surface area contributed by atoms with Crippen LogP contribution in [0.2, 0.25) is 0 Å². The van der Waals surface area contributed by atoms with Crippen LogP contribution in [-0.2, 0) is 9.53 Å². The normalized spacial score (nSPS) is 22.4. The Morgan fingerprint density at radius 2 is 1.91 bits per heavy atom. The molecule has 0 saturated carbocycles. The highest BCUT2D eigenvalue weighted by molar-refractivity contribution is 6.18. The third-order valence-corrected chi connectivity index (χ3v) is 5.20. The number of carbonyl (C=O) groups is 1. The highest BCUT2D eigenvalue weighted by Crippen LogP contribution is 2.54. The molecule has 116 valence electrons. The summed E-state index contributed by atoms with van der Waals surface area (Å²) in [6.45, 7) is 8.72. The summed E-state index contributed by atoms with van der Waals surface area (Å²) in [6, 6.07) is 12.9. The summed E-state index contributed by atoms with van der Waals surface area (Å²) in [5.74, 6) is -0.0888. The van der Waals surface area contributed by atoms with Gasteiger partial charge in [-0.25, -0.2) is 0 Å². The van der Waals surface area contributed by atoms with E-state index in [0.29, 0.717) is 13.0 Å². The van der Waals surface area contributed by atoms with E-state index in [1.807, 2.05) is 6.92 Å². The molecule has 0 fully saturated rings. The molecular weight excluding hydrogens is 284 g/mol. The van der Waals surface area contributed by atoms with E-state index in [2.05, 4.69) is 49.9 Å². The Morgan fingerprint density at radius 3 is 2.61 bits per heavy atom. The molecule has 2 aromatic rings. The minimum Gasteiger partial charge on any atom is -0.466 e. The van der Waals surface area contributed by atoms with Crippen LogP contribution in [0.25, 0.3) is 21.9 Å². The quantitative estimate of drug-likeness (QED) is 0.742. The van der Waals surface area contributed by atoms with Crippen molar-refractivity contribution in [1.29, 1.82) is 0 Å². The highest BCUT2D eigenvalue weighted by Gasteiger charge is 2.40. The van der Waals surface area contributed by atoms with Crippen LogP contribution in [0, 0.1) is 11.8 Å². The molecule has 0 bridgehead atoms. The topological polar surface area (TPSA) is 26.3 Å². The van der Waals surface area contributed by atoms with Gasteiger partial charge in [-0.15, -0.1) is 0 Å². The predicted octanol–water partition coefficient (Wildman–Crippen LogP) is 4.84. The van der Waals surface area contributed by atoms with Gasteiger partial charge in [-0.05, 0) is 57.9 Å². The number of allylic oxidation sites excluding steroid dienone is 3. The molecule has 2 heteroatoms. The molecule has 2 nitrogen and oxygen atoms in total. The van der Waals surface area contributed by atoms with Crippen LogP contribution >= 0.6 is 0 Å². The SMILES string of the molecule is C=C1CC(C(=O)OCC)C(C)C2=C1c1cccc3cccc2c13. The zero-order valence-corrected chi connectivity index (χ0v) is 13.6. The van der Waals surface area contributed by atoms with E-state index >= 15 is 0 Å². The van der Waals surface area contributed by atoms with Gasteiger partial charge in [0.1, 0.15) is 0 Å². The molecular formula is C21H20O2. The Labute approximate surface area is 136 Å². The number of ether oxygens (including phenoxy) is 1. The Balaban J connectivity index is 1.91. The second-order valence-corrected chi connectivity index (χ2v) is 6.45. The number of benzene rings is 2. The first-order valence-corrected chi connectivity index (χ1v) is 8.25. The van der Waals surface area contributed by atoms with Crippen molar-refractivity contribution in [2.75, 3.05) is 6.61 Å². The predicted molar refractivity (Wildman–Crippen MR) is 93.8 cm³/mol. The van der Waals surface area contributed by atoms with E-state index in [0.717, 1.165) is 5.57 Å². The van der Waals surface area contributed by atoms with Gasteiger partial charge < -0.3 is 4.74 Å². The zero-order valence-electron chi connectivity index (χ0n) is 13.6. The molecule has 0 saturated heterocycles. The van der Waals surface area contributed by atoms with Crippen LogP contribution in [0.4, 0.5) is 0 Å². The summed E-state index contributed by atoms with van der Waals surface area (Å²) in [5.41, 5.74) is 6.11. The lowest BCUT2D eigenvalue weighted by Gasteiger charge is -2.31. The summed E-state index contributed by atoms with van der Waals surface area (Å²) >= 11 is 0. The molecule has 4 rings (SSSR count). The fourth-order valence-corrected chi connectivity index (χ4v) is 4.19. The van der Waals surface area contributed by atoms with Crippen LogP contribution in [0.5, 0.6) is 0 Å². The Bertz CT molecular complexity index is 867. The first-order chi connectivity index (χ1) is 11.1. The zero-order chi connectivity index (χ0) is 16.1. The highest BCUT2D eigenvalue weighted by atomic mass is 16.5. The smallest absolute Gasteiger partial charge is 0.309 e. The van der Waals surface area contributed by atoms with Gasteiger partial charge in [0.15, 0.2) is 0 Å². The minimum absolute atomic E-state index is 0.101. The van der Waals surface area contributed by atoms with Crippen molar-refractivity contribution < 1.29 is 9.53 Å². The van der Waals surface area contributed by atoms with Gasteiger partial charge in [0, 0.05) is 0 Å². The molecule has 23 heavy (non-hydrogen) atoms. The molecule has 2 aliphatic carbocycles. The number of carbonyl (C=O) groups excluding carboxylic acids is 1. The van der Waals surface area contributed by atoms with Gasteiger partial charge >= 0.3 is 5.97 Å². The molecule has 0 heterocycles. The van der Waals surface area contributed by atoms with E-state index in [-0.39, 0.29) is 17.8 Å². The van der Waals surface area contributed by atoms with E-state index in [1.54, 1.807) is 0 Å². The Hall–Kier alpha value is -2.35. The van der Waals surface area contributed by atoms with Crippen molar-refractivity contribution in [3.8, 4) is 0 Å². The Kier molecular flexibility index (Phi) is 3.15. The van der Waals surface area contributed by atoms with Gasteiger partial charge in [-0.3, -0.25) is 4.79 Å². The third-order valence-electron chi connectivity index (χ3n) is 5.20. The molecule has 2 atom stereocenters. The number of hydrogen-bond acceptors (Lipinski definition) is 2. The lowest BCUT2D eigenvalue weighted by atomic mass is 9.73. The minimum atomic E-state index is -0.134. The van der Waals surface area contributed by atoms with Crippen LogP contribution in [-0.4, -0.2) is 12.6 Å². The molecule has 0 aliphatic heterocycles. The average molecular weight is 304 g/mol. The second kappa shape index (κ2) is 5.09. The fraction of sp³-hybridized carbons (Fsp3) is 0.286. The average Bonchev–Trinajstić information content (AvgIpc) is 2.89. The monoisotopic (exact) mass is 304 g/mol. The summed E-state index contributed by atoms with van der Waals surface area (Å²) < 4.78 is 5.30. The molecule has 0 amide bonds. The fourth-order valence-electron chi connectivity index (χ4n) is 4.19. The first kappa shape index (κ1) is 14.3. The van der Waals surface area contributed by atoms with Crippen LogP contribution in [0.3, 0.4) is 0 Å². The van der Waals surface area contributed by atoms with Crippen LogP contribution in [0.15, 0.2) is 48.6 Å². The van der Waals surface area contributed by atoms with Crippen LogP contribution in [0.1, 0.15) is 31.4 Å². The van der Waals surface area contributed by atoms with E-state index in [1.165, 1.54) is 33.0 Å². The molecule has 0 N–H and O–H groups in total. The lowest BCUT2D eigenvalue weighted by Crippen LogP contribution is -2.28. The van der Waals surface area contributed by atoms with Crippen molar-refractivity contribution in [2.24, 2.45) is 11.8 Å². The van der Waals surface area contributed by atoms with Crippen molar-refractivity contribution >= 4 is 27.9 Å². The van der Waals surface area contributed by atoms with Gasteiger partial charge in [0.05, 0.1) is 12.5 Å². The molecule has 0 aromatic heterocycles. The summed E-state index contributed by atoms with van der Waals surface area (Å²) in [4.78, 5) is 12.4. The van der Waals surface area contributed by atoms with Crippen molar-refractivity contribution in [2.45, 2.75) is 20.3 Å². The van der Waals surface area contributed by atoms with Crippen molar-refractivity contribution in [3.05, 3.63) is 59.7 Å². The summed E-state index contributed by atoms with van der Waals surface area (Å²) in [6.07, 6.45) is 0.684. The number of hydrogen-bond donors (Lipinski definition) is 0. The van der Waals surface area contributed by atoms with Gasteiger partial charge in [-0.1, -0.05) is 49.9 Å². The van der Waals surface area contributed by atoms with Crippen molar-refractivity contribution in [1.82, 2.24) is 0 Å². The summed E-state index contributed by atoms with van der Waals surface area (Å²) in [5, 5.41) is 2.56. The standard InChI is InChI=1S/C21H20O2/c1-4-23-21(22)17-11-12(2)18-15-9-5-7-14-8-6-10-16(20(14)15)19(18)13(17)3/h5-10,13,17H,2,4,11H2,1,3H3. The van der Waals surface area contributed by atoms with Gasteiger partial charge in [-0.2, -0.15) is 0 Å². The van der Waals surface area contributed by atoms with Crippen LogP contribution < -0.4 is 0 Å². The Morgan fingerprint density at radius 1 is 1.22 bits per heavy atom. The van der Waals surface area contributed by atoms with E-state index in [4.69, 9.17) is 4.74 Å². The number of fused-ring (bicyclic) bond motifs is 2. The lowest BCUT2D eigenvalue weighted by molar-refractivity contribution is -0.149. The molecule has 2 aromatic carbocycles. The molecule has 0 spiro atoms. The van der Waals surface area contributed by atoms with E-state index < -0.39 is 0 Å². The van der Waals surface area contributed by atoms with Crippen molar-refractivity contribution in [3.63, 3.8) is 0 Å². The maximum absolute atomic E-state index is 12.4. The largest absolute Gasteiger partial charge is 0.466 e. The first-order valence-electron chi connectivity index (χ1n) is 8.25. The maximum Gasteiger partial charge on any atom is 0.309 e. The van der Waals surface area contributed by atoms with Gasteiger partial charge in [0.25, 0.3) is 0 Å². The third kappa shape index (κ3) is 1.91. The van der Waals surface area contributed by atoms with E-state index in [9.17, 15) is 4.79 Å². The molecule has 0 radical (unpaired) electrons. The number of esters is 1.